The molecule has 0 saturated heterocycles. The zero-order chi connectivity index (χ0) is 13.3. The minimum atomic E-state index is 0.833. The number of hydrogen-bond acceptors (Lipinski definition) is 2. The second-order valence-corrected chi connectivity index (χ2v) is 5.19. The van der Waals surface area contributed by atoms with Crippen LogP contribution in [-0.4, -0.2) is 18.9 Å². The highest BCUT2D eigenvalue weighted by molar-refractivity contribution is 5.77. The highest BCUT2D eigenvalue weighted by atomic mass is 15.3. The fourth-order valence-corrected chi connectivity index (χ4v) is 3.28. The standard InChI is InChI=1S/C15H12N5/c1-18-12-4-6-16-7-13(12)20-9-14-10-3-2-5-17-11(10)8-19(14)15(18)20/h2-7,9H,8H2,1H3/q+1. The Kier molecular flexibility index (Phi) is 1.65. The molecule has 4 aromatic heterocycles. The van der Waals surface area contributed by atoms with Gasteiger partial charge in [-0.05, 0) is 18.2 Å². The number of nitrogens with zero attached hydrogens (tertiary/aromatic N) is 5. The Hall–Kier alpha value is -2.69. The van der Waals surface area contributed by atoms with E-state index < -0.39 is 0 Å². The van der Waals surface area contributed by atoms with Crippen LogP contribution in [0.1, 0.15) is 5.69 Å². The molecule has 0 unspecified atom stereocenters. The van der Waals surface area contributed by atoms with Crippen molar-refractivity contribution in [1.82, 2.24) is 18.9 Å². The molecular formula is C15H12N5+. The Balaban J connectivity index is 1.97. The minimum Gasteiger partial charge on any atom is -0.261 e. The van der Waals surface area contributed by atoms with Crippen molar-refractivity contribution in [3.8, 4) is 11.3 Å². The average molecular weight is 262 g/mol. The van der Waals surface area contributed by atoms with Crippen molar-refractivity contribution in [3.05, 3.63) is 48.7 Å². The molecule has 0 atom stereocenters. The van der Waals surface area contributed by atoms with E-state index in [9.17, 15) is 0 Å². The first-order valence-electron chi connectivity index (χ1n) is 6.62. The van der Waals surface area contributed by atoms with Crippen molar-refractivity contribution < 1.29 is 4.57 Å². The third-order valence-corrected chi connectivity index (χ3v) is 4.17. The number of hydrogen-bond donors (Lipinski definition) is 0. The number of imidazole rings is 2. The molecule has 0 fully saturated rings. The summed E-state index contributed by atoms with van der Waals surface area (Å²) in [5, 5.41) is 0. The lowest BCUT2D eigenvalue weighted by molar-refractivity contribution is -0.621. The molecule has 4 aromatic rings. The Bertz CT molecular complexity index is 992. The zero-order valence-corrected chi connectivity index (χ0v) is 11.0. The fraction of sp³-hybridized carbons (Fsp3) is 0.133. The van der Waals surface area contributed by atoms with Crippen LogP contribution in [0.25, 0.3) is 28.1 Å². The third-order valence-electron chi connectivity index (χ3n) is 4.17. The summed E-state index contributed by atoms with van der Waals surface area (Å²) in [4.78, 5) is 8.73. The molecule has 0 amide bonds. The van der Waals surface area contributed by atoms with Crippen LogP contribution in [-0.2, 0) is 13.6 Å². The average Bonchev–Trinajstić information content (AvgIpc) is 3.09. The van der Waals surface area contributed by atoms with Gasteiger partial charge in [-0.15, -0.1) is 0 Å². The summed E-state index contributed by atoms with van der Waals surface area (Å²) in [6.45, 7) is 0.833. The molecule has 1 aliphatic heterocycles. The number of aryl methyl sites for hydroxylation is 1. The van der Waals surface area contributed by atoms with Gasteiger partial charge in [0.1, 0.15) is 24.0 Å². The highest BCUT2D eigenvalue weighted by Gasteiger charge is 2.31. The summed E-state index contributed by atoms with van der Waals surface area (Å²) in [5.74, 6) is 1.17. The van der Waals surface area contributed by atoms with E-state index in [1.165, 1.54) is 22.6 Å². The lowest BCUT2D eigenvalue weighted by atomic mass is 10.2. The molecule has 0 aromatic carbocycles. The molecule has 5 heteroatoms. The normalized spacial score (nSPS) is 13.1. The van der Waals surface area contributed by atoms with Crippen molar-refractivity contribution in [2.45, 2.75) is 6.54 Å². The molecule has 5 rings (SSSR count). The Morgan fingerprint density at radius 1 is 1.25 bits per heavy atom. The maximum Gasteiger partial charge on any atom is 0.370 e. The first kappa shape index (κ1) is 10.1. The summed E-state index contributed by atoms with van der Waals surface area (Å²) in [6.07, 6.45) is 7.80. The maximum atomic E-state index is 4.48. The summed E-state index contributed by atoms with van der Waals surface area (Å²) in [5.41, 5.74) is 5.93. The van der Waals surface area contributed by atoms with Crippen LogP contribution in [0.4, 0.5) is 0 Å². The molecular weight excluding hydrogens is 250 g/mol. The van der Waals surface area contributed by atoms with Gasteiger partial charge in [0.15, 0.2) is 5.52 Å². The van der Waals surface area contributed by atoms with Gasteiger partial charge in [-0.2, -0.15) is 4.40 Å². The van der Waals surface area contributed by atoms with Crippen molar-refractivity contribution in [2.75, 3.05) is 0 Å². The third kappa shape index (κ3) is 1.02. The van der Waals surface area contributed by atoms with Gasteiger partial charge in [0.25, 0.3) is 0 Å². The van der Waals surface area contributed by atoms with Gasteiger partial charge in [0, 0.05) is 18.0 Å². The number of aromatic nitrogens is 5. The Labute approximate surface area is 114 Å². The summed E-state index contributed by atoms with van der Waals surface area (Å²) in [7, 11) is 2.10. The molecule has 96 valence electrons. The van der Waals surface area contributed by atoms with Gasteiger partial charge in [-0.1, -0.05) is 0 Å². The van der Waals surface area contributed by atoms with Crippen LogP contribution in [0.15, 0.2) is 43.0 Å². The molecule has 0 aliphatic carbocycles. The second-order valence-electron chi connectivity index (χ2n) is 5.19. The number of pyridine rings is 2. The van der Waals surface area contributed by atoms with Crippen LogP contribution in [0.5, 0.6) is 0 Å². The van der Waals surface area contributed by atoms with Crippen LogP contribution in [0.2, 0.25) is 0 Å². The molecule has 0 bridgehead atoms. The van der Waals surface area contributed by atoms with Crippen LogP contribution in [0, 0.1) is 0 Å². The molecule has 0 spiro atoms. The first-order chi connectivity index (χ1) is 9.84. The first-order valence-corrected chi connectivity index (χ1v) is 6.62. The van der Waals surface area contributed by atoms with Crippen LogP contribution < -0.4 is 4.57 Å². The Morgan fingerprint density at radius 3 is 3.15 bits per heavy atom. The molecule has 5 heterocycles. The maximum absolute atomic E-state index is 4.48. The second kappa shape index (κ2) is 3.25. The largest absolute Gasteiger partial charge is 0.370 e. The topological polar surface area (TPSA) is 39.0 Å². The van der Waals surface area contributed by atoms with Crippen molar-refractivity contribution in [3.63, 3.8) is 0 Å². The van der Waals surface area contributed by atoms with Crippen molar-refractivity contribution >= 4 is 16.8 Å². The predicted octanol–water partition coefficient (Wildman–Crippen LogP) is 1.54. The predicted molar refractivity (Wildman–Crippen MR) is 74.2 cm³/mol. The van der Waals surface area contributed by atoms with E-state index in [0.717, 1.165) is 17.8 Å². The zero-order valence-electron chi connectivity index (χ0n) is 11.0. The summed E-state index contributed by atoms with van der Waals surface area (Å²) in [6, 6.07) is 6.19. The van der Waals surface area contributed by atoms with E-state index in [1.807, 2.05) is 24.7 Å². The summed E-state index contributed by atoms with van der Waals surface area (Å²) >= 11 is 0. The van der Waals surface area contributed by atoms with E-state index in [4.69, 9.17) is 0 Å². The van der Waals surface area contributed by atoms with Gasteiger partial charge in [-0.3, -0.25) is 9.97 Å². The van der Waals surface area contributed by atoms with E-state index >= 15 is 0 Å². The smallest absolute Gasteiger partial charge is 0.261 e. The van der Waals surface area contributed by atoms with Crippen molar-refractivity contribution in [1.29, 1.82) is 0 Å². The minimum absolute atomic E-state index is 0.833. The van der Waals surface area contributed by atoms with Gasteiger partial charge in [0.2, 0.25) is 0 Å². The lowest BCUT2D eigenvalue weighted by Crippen LogP contribution is -2.29. The molecule has 5 nitrogen and oxygen atoms in total. The van der Waals surface area contributed by atoms with Gasteiger partial charge < -0.3 is 0 Å². The fourth-order valence-electron chi connectivity index (χ4n) is 3.28. The lowest BCUT2D eigenvalue weighted by Gasteiger charge is -1.93. The highest BCUT2D eigenvalue weighted by Crippen LogP contribution is 2.33. The molecule has 20 heavy (non-hydrogen) atoms. The van der Waals surface area contributed by atoms with E-state index in [1.54, 1.807) is 0 Å². The SMILES string of the molecule is C[n+]1c2ccncc2n2cc3n(c21)Cc1ncccc1-3. The molecule has 0 radical (unpaired) electrons. The van der Waals surface area contributed by atoms with Gasteiger partial charge >= 0.3 is 5.78 Å². The van der Waals surface area contributed by atoms with Gasteiger partial charge in [-0.25, -0.2) is 9.13 Å². The van der Waals surface area contributed by atoms with E-state index in [2.05, 4.69) is 48.9 Å². The van der Waals surface area contributed by atoms with Crippen molar-refractivity contribution in [2.24, 2.45) is 7.05 Å². The molecule has 0 saturated carbocycles. The molecule has 1 aliphatic rings. The monoisotopic (exact) mass is 262 g/mol. The molecule has 0 N–H and O–H groups in total. The number of rotatable bonds is 0. The van der Waals surface area contributed by atoms with E-state index in [0.29, 0.717) is 0 Å². The van der Waals surface area contributed by atoms with Crippen LogP contribution in [0.3, 0.4) is 0 Å². The number of fused-ring (bicyclic) bond motifs is 7. The summed E-state index contributed by atoms with van der Waals surface area (Å²) < 4.78 is 6.75. The Morgan fingerprint density at radius 2 is 2.20 bits per heavy atom. The van der Waals surface area contributed by atoms with E-state index in [-0.39, 0.29) is 0 Å². The van der Waals surface area contributed by atoms with Crippen LogP contribution >= 0.6 is 0 Å². The van der Waals surface area contributed by atoms with Gasteiger partial charge in [0.05, 0.1) is 18.9 Å². The quantitative estimate of drug-likeness (QED) is 0.397.